The van der Waals surface area contributed by atoms with E-state index in [2.05, 4.69) is 54.4 Å². The summed E-state index contributed by atoms with van der Waals surface area (Å²) in [6.07, 6.45) is 6.04. The van der Waals surface area contributed by atoms with Crippen LogP contribution in [0.5, 0.6) is 0 Å². The summed E-state index contributed by atoms with van der Waals surface area (Å²) in [5.74, 6) is 2.42. The molecular formula is C21H33N9O2. The molecule has 2 aromatic rings. The van der Waals surface area contributed by atoms with Gasteiger partial charge in [0.2, 0.25) is 5.91 Å². The Balaban J connectivity index is 1.59. The number of tetrazole rings is 1. The first-order valence-electron chi connectivity index (χ1n) is 11.3. The minimum Gasteiger partial charge on any atom is -0.376 e. The summed E-state index contributed by atoms with van der Waals surface area (Å²) in [7, 11) is 0. The van der Waals surface area contributed by atoms with E-state index in [9.17, 15) is 4.79 Å². The number of carbonyl (C=O) groups excluding carboxylic acids is 1. The molecule has 11 heteroatoms. The average molecular weight is 444 g/mol. The number of hydrogen-bond acceptors (Lipinski definition) is 8. The molecule has 0 spiro atoms. The van der Waals surface area contributed by atoms with Crippen molar-refractivity contribution in [3.05, 3.63) is 30.1 Å². The predicted octanol–water partition coefficient (Wildman–Crippen LogP) is 0.866. The monoisotopic (exact) mass is 443 g/mol. The van der Waals surface area contributed by atoms with Crippen molar-refractivity contribution in [2.75, 3.05) is 6.61 Å². The lowest BCUT2D eigenvalue weighted by Gasteiger charge is -2.37. The van der Waals surface area contributed by atoms with Crippen molar-refractivity contribution in [1.29, 1.82) is 0 Å². The molecule has 0 radical (unpaired) electrons. The van der Waals surface area contributed by atoms with Crippen LogP contribution in [0.3, 0.4) is 0 Å². The summed E-state index contributed by atoms with van der Waals surface area (Å²) in [5.41, 5.74) is -1.19. The van der Waals surface area contributed by atoms with Crippen LogP contribution >= 0.6 is 0 Å². The summed E-state index contributed by atoms with van der Waals surface area (Å²) in [6, 6.07) is 0. The second kappa shape index (κ2) is 9.07. The van der Waals surface area contributed by atoms with Gasteiger partial charge in [-0.3, -0.25) is 10.1 Å². The fraction of sp³-hybridized carbons (Fsp3) is 0.714. The van der Waals surface area contributed by atoms with Gasteiger partial charge in [-0.05, 0) is 63.0 Å². The maximum absolute atomic E-state index is 12.0. The Bertz CT molecular complexity index is 960. The summed E-state index contributed by atoms with van der Waals surface area (Å²) < 4.78 is 9.80. The third-order valence-electron chi connectivity index (χ3n) is 6.19. The molecule has 4 heterocycles. The van der Waals surface area contributed by atoms with Gasteiger partial charge in [0.25, 0.3) is 0 Å². The summed E-state index contributed by atoms with van der Waals surface area (Å²) in [4.78, 5) is 12.0. The van der Waals surface area contributed by atoms with E-state index in [1.807, 2.05) is 18.5 Å². The molecule has 1 fully saturated rings. The van der Waals surface area contributed by atoms with Gasteiger partial charge in [0, 0.05) is 25.1 Å². The first-order valence-corrected chi connectivity index (χ1v) is 11.3. The lowest BCUT2D eigenvalue weighted by Crippen LogP contribution is -2.53. The average Bonchev–Trinajstić information content (AvgIpc) is 3.51. The van der Waals surface area contributed by atoms with Crippen LogP contribution in [0.2, 0.25) is 0 Å². The molecule has 2 N–H and O–H groups in total. The van der Waals surface area contributed by atoms with Crippen molar-refractivity contribution in [2.45, 2.75) is 89.7 Å². The van der Waals surface area contributed by atoms with Crippen LogP contribution in [-0.2, 0) is 41.1 Å². The van der Waals surface area contributed by atoms with Crippen molar-refractivity contribution >= 4 is 5.91 Å². The summed E-state index contributed by atoms with van der Waals surface area (Å²) >= 11 is 0. The lowest BCUT2D eigenvalue weighted by atomic mass is 9.84. The van der Waals surface area contributed by atoms with Crippen molar-refractivity contribution < 1.29 is 9.53 Å². The molecule has 1 saturated heterocycles. The molecule has 4 rings (SSSR count). The number of nitrogens with one attached hydrogen (secondary N) is 2. The molecule has 2 aliphatic rings. The number of aryl methyl sites for hydroxylation is 1. The molecule has 0 bridgehead atoms. The second-order valence-electron chi connectivity index (χ2n) is 9.55. The molecule has 174 valence electrons. The maximum Gasteiger partial charge on any atom is 0.243 e. The zero-order valence-corrected chi connectivity index (χ0v) is 19.2. The third-order valence-corrected chi connectivity index (χ3v) is 6.19. The van der Waals surface area contributed by atoms with Gasteiger partial charge < -0.3 is 14.6 Å². The summed E-state index contributed by atoms with van der Waals surface area (Å²) in [5, 5.41) is 28.0. The Morgan fingerprint density at radius 1 is 1.28 bits per heavy atom. The van der Waals surface area contributed by atoms with Gasteiger partial charge in [-0.2, -0.15) is 0 Å². The smallest absolute Gasteiger partial charge is 0.243 e. The normalized spacial score (nSPS) is 20.2. The van der Waals surface area contributed by atoms with E-state index >= 15 is 0 Å². The molecule has 32 heavy (non-hydrogen) atoms. The van der Waals surface area contributed by atoms with Gasteiger partial charge in [0.1, 0.15) is 11.6 Å². The molecule has 2 unspecified atom stereocenters. The van der Waals surface area contributed by atoms with E-state index in [1.54, 1.807) is 0 Å². The minimum atomic E-state index is -0.648. The Morgan fingerprint density at radius 3 is 2.88 bits per heavy atom. The van der Waals surface area contributed by atoms with Crippen molar-refractivity contribution in [1.82, 2.24) is 45.6 Å². The van der Waals surface area contributed by atoms with E-state index in [1.165, 1.54) is 6.08 Å². The predicted molar refractivity (Wildman–Crippen MR) is 116 cm³/mol. The van der Waals surface area contributed by atoms with Crippen LogP contribution in [0.15, 0.2) is 12.7 Å². The molecular weight excluding hydrogens is 410 g/mol. The van der Waals surface area contributed by atoms with E-state index in [-0.39, 0.29) is 12.0 Å². The zero-order valence-electron chi connectivity index (χ0n) is 19.2. The molecule has 2 aromatic heterocycles. The molecule has 11 nitrogen and oxygen atoms in total. The Labute approximate surface area is 188 Å². The highest BCUT2D eigenvalue weighted by Crippen LogP contribution is 2.30. The van der Waals surface area contributed by atoms with Gasteiger partial charge in [0.05, 0.1) is 24.7 Å². The van der Waals surface area contributed by atoms with Gasteiger partial charge in [-0.15, -0.1) is 15.3 Å². The fourth-order valence-corrected chi connectivity index (χ4v) is 4.85. The van der Waals surface area contributed by atoms with Gasteiger partial charge in [-0.1, -0.05) is 6.58 Å². The molecule has 2 atom stereocenters. The van der Waals surface area contributed by atoms with Crippen molar-refractivity contribution in [3.8, 4) is 0 Å². The van der Waals surface area contributed by atoms with Crippen molar-refractivity contribution in [3.63, 3.8) is 0 Å². The number of carbonyl (C=O) groups is 1. The first-order chi connectivity index (χ1) is 15.3. The van der Waals surface area contributed by atoms with E-state index in [4.69, 9.17) is 4.74 Å². The summed E-state index contributed by atoms with van der Waals surface area (Å²) in [6.45, 7) is 12.4. The highest BCUT2D eigenvalue weighted by Gasteiger charge is 2.39. The number of nitrogens with zero attached hydrogens (tertiary/aromatic N) is 7. The van der Waals surface area contributed by atoms with Crippen LogP contribution in [0.1, 0.15) is 63.9 Å². The second-order valence-corrected chi connectivity index (χ2v) is 9.55. The highest BCUT2D eigenvalue weighted by atomic mass is 16.5. The maximum atomic E-state index is 12.0. The Morgan fingerprint density at radius 2 is 2.12 bits per heavy atom. The first kappa shape index (κ1) is 22.5. The fourth-order valence-electron chi connectivity index (χ4n) is 4.85. The number of hydrogen-bond donors (Lipinski definition) is 2. The lowest BCUT2D eigenvalue weighted by molar-refractivity contribution is -0.118. The van der Waals surface area contributed by atoms with Crippen LogP contribution in [-0.4, -0.2) is 59.1 Å². The van der Waals surface area contributed by atoms with E-state index in [0.717, 1.165) is 50.5 Å². The van der Waals surface area contributed by atoms with Gasteiger partial charge in [-0.25, -0.2) is 4.68 Å². The van der Waals surface area contributed by atoms with Crippen LogP contribution in [0.4, 0.5) is 0 Å². The SMILES string of the molecule is C=CC(=O)NC(C)(C)CC(C)(NCc1nnc2n1CCC2)c1nnnn1CC1CCCO1. The molecule has 0 saturated carbocycles. The number of fused-ring (bicyclic) bond motifs is 1. The quantitative estimate of drug-likeness (QED) is 0.518. The topological polar surface area (TPSA) is 125 Å². The van der Waals surface area contributed by atoms with Gasteiger partial charge in [0.15, 0.2) is 5.82 Å². The van der Waals surface area contributed by atoms with E-state index < -0.39 is 11.1 Å². The largest absolute Gasteiger partial charge is 0.376 e. The Kier molecular flexibility index (Phi) is 6.38. The highest BCUT2D eigenvalue weighted by molar-refractivity contribution is 5.87. The van der Waals surface area contributed by atoms with Gasteiger partial charge >= 0.3 is 0 Å². The third kappa shape index (κ3) is 4.88. The van der Waals surface area contributed by atoms with E-state index in [0.29, 0.717) is 25.3 Å². The molecule has 0 aliphatic carbocycles. The Hall–Kier alpha value is -2.66. The molecule has 1 amide bonds. The zero-order chi connectivity index (χ0) is 22.8. The molecule has 2 aliphatic heterocycles. The van der Waals surface area contributed by atoms with Crippen LogP contribution < -0.4 is 10.6 Å². The number of rotatable bonds is 10. The van der Waals surface area contributed by atoms with Crippen LogP contribution in [0.25, 0.3) is 0 Å². The number of amides is 1. The number of aromatic nitrogens is 7. The minimum absolute atomic E-state index is 0.106. The number of ether oxygens (including phenoxy) is 1. The molecule has 0 aromatic carbocycles. The standard InChI is InChI=1S/C21H33N9O2/c1-5-18(31)23-20(2,3)14-21(4,22-12-17-25-24-16-9-6-10-29(16)17)19-26-27-28-30(19)13-15-8-7-11-32-15/h5,15,22H,1,6-14H2,2-4H3,(H,23,31). The van der Waals surface area contributed by atoms with Crippen LogP contribution in [0, 0.1) is 0 Å². The van der Waals surface area contributed by atoms with Crippen molar-refractivity contribution in [2.24, 2.45) is 0 Å².